The molecule has 1 unspecified atom stereocenters. The number of anilines is 1. The standard InChI is InChI=1S/C36H37BrClN3O4S/c37-29-14-10-13-28(23-29)25-40(34(24-27-11-4-1-5-12-27)36(43)39-31-15-6-2-7-16-31)35(42)26-41(32-17-8-3-9-18-32)46(44,45)33-21-19-30(38)20-22-33/h1,3-5,8-14,17-23,31,34H,2,6-7,15-16,24-26H2,(H,39,43). The van der Waals surface area contributed by atoms with Crippen molar-refractivity contribution in [3.63, 3.8) is 0 Å². The van der Waals surface area contributed by atoms with Crippen LogP contribution in [-0.2, 0) is 32.6 Å². The van der Waals surface area contributed by atoms with E-state index in [4.69, 9.17) is 11.6 Å². The highest BCUT2D eigenvalue weighted by Gasteiger charge is 2.35. The Balaban J connectivity index is 1.55. The van der Waals surface area contributed by atoms with E-state index in [1.165, 1.54) is 29.2 Å². The molecule has 0 aromatic heterocycles. The van der Waals surface area contributed by atoms with Gasteiger partial charge in [-0.1, -0.05) is 107 Å². The van der Waals surface area contributed by atoms with Gasteiger partial charge in [-0.05, 0) is 72.5 Å². The molecule has 0 saturated heterocycles. The van der Waals surface area contributed by atoms with Crippen LogP contribution in [0.4, 0.5) is 5.69 Å². The van der Waals surface area contributed by atoms with E-state index < -0.39 is 28.5 Å². The van der Waals surface area contributed by atoms with Gasteiger partial charge in [0.25, 0.3) is 10.0 Å². The third-order valence-corrected chi connectivity index (χ3v) is 10.7. The van der Waals surface area contributed by atoms with Crippen LogP contribution in [0.15, 0.2) is 119 Å². The molecule has 0 radical (unpaired) electrons. The molecular weight excluding hydrogens is 686 g/mol. The van der Waals surface area contributed by atoms with E-state index in [2.05, 4.69) is 21.2 Å². The molecule has 1 aliphatic rings. The van der Waals surface area contributed by atoms with Crippen molar-refractivity contribution in [2.24, 2.45) is 0 Å². The molecule has 4 aromatic carbocycles. The Morgan fingerprint density at radius 2 is 1.46 bits per heavy atom. The lowest BCUT2D eigenvalue weighted by Crippen LogP contribution is -2.55. The molecule has 7 nitrogen and oxygen atoms in total. The molecule has 1 aliphatic carbocycles. The predicted octanol–water partition coefficient (Wildman–Crippen LogP) is 7.39. The fourth-order valence-corrected chi connectivity index (χ4v) is 7.77. The molecule has 240 valence electrons. The summed E-state index contributed by atoms with van der Waals surface area (Å²) in [6.07, 6.45) is 5.29. The molecule has 0 spiro atoms. The van der Waals surface area contributed by atoms with Gasteiger partial charge in [0.1, 0.15) is 12.6 Å². The number of halogens is 2. The Hall–Kier alpha value is -3.66. The van der Waals surface area contributed by atoms with Gasteiger partial charge in [-0.25, -0.2) is 8.42 Å². The highest BCUT2D eigenvalue weighted by Crippen LogP contribution is 2.26. The minimum Gasteiger partial charge on any atom is -0.352 e. The summed E-state index contributed by atoms with van der Waals surface area (Å²) < 4.78 is 30.1. The lowest BCUT2D eigenvalue weighted by Gasteiger charge is -2.35. The summed E-state index contributed by atoms with van der Waals surface area (Å²) in [6, 6.07) is 30.7. The van der Waals surface area contributed by atoms with Crippen LogP contribution < -0.4 is 9.62 Å². The van der Waals surface area contributed by atoms with Crippen molar-refractivity contribution in [2.75, 3.05) is 10.8 Å². The van der Waals surface area contributed by atoms with Crippen molar-refractivity contribution in [2.45, 2.75) is 62.0 Å². The van der Waals surface area contributed by atoms with Crippen LogP contribution in [0.2, 0.25) is 5.02 Å². The van der Waals surface area contributed by atoms with E-state index in [0.29, 0.717) is 10.7 Å². The van der Waals surface area contributed by atoms with Crippen molar-refractivity contribution in [1.82, 2.24) is 10.2 Å². The van der Waals surface area contributed by atoms with Gasteiger partial charge in [0, 0.05) is 28.5 Å². The third-order valence-electron chi connectivity index (χ3n) is 8.19. The number of hydrogen-bond acceptors (Lipinski definition) is 4. The van der Waals surface area contributed by atoms with Gasteiger partial charge in [-0.15, -0.1) is 0 Å². The number of para-hydroxylation sites is 1. The van der Waals surface area contributed by atoms with Crippen molar-refractivity contribution >= 4 is 55.1 Å². The van der Waals surface area contributed by atoms with Gasteiger partial charge in [0.2, 0.25) is 11.8 Å². The van der Waals surface area contributed by atoms with Crippen LogP contribution in [0.25, 0.3) is 0 Å². The number of rotatable bonds is 12. The SMILES string of the molecule is O=C(NC1CCCCC1)C(Cc1ccccc1)N(Cc1cccc(Br)c1)C(=O)CN(c1ccccc1)S(=O)(=O)c1ccc(Cl)cc1. The quantitative estimate of drug-likeness (QED) is 0.165. The summed E-state index contributed by atoms with van der Waals surface area (Å²) in [6.45, 7) is -0.400. The molecule has 10 heteroatoms. The zero-order valence-corrected chi connectivity index (χ0v) is 28.6. The Morgan fingerprint density at radius 3 is 2.11 bits per heavy atom. The first-order valence-electron chi connectivity index (χ1n) is 15.4. The molecule has 0 bridgehead atoms. The second kappa shape index (κ2) is 15.8. The molecule has 0 heterocycles. The van der Waals surface area contributed by atoms with Crippen LogP contribution in [0, 0.1) is 0 Å². The van der Waals surface area contributed by atoms with Gasteiger partial charge in [-0.2, -0.15) is 0 Å². The normalized spacial score (nSPS) is 14.3. The fraction of sp³-hybridized carbons (Fsp3) is 0.278. The van der Waals surface area contributed by atoms with Gasteiger partial charge < -0.3 is 10.2 Å². The molecule has 1 saturated carbocycles. The summed E-state index contributed by atoms with van der Waals surface area (Å²) in [5.41, 5.74) is 2.03. The maximum Gasteiger partial charge on any atom is 0.264 e. The number of nitrogens with zero attached hydrogens (tertiary/aromatic N) is 2. The Kier molecular flexibility index (Phi) is 11.5. The average molecular weight is 723 g/mol. The number of amides is 2. The lowest BCUT2D eigenvalue weighted by atomic mass is 9.94. The molecule has 1 atom stereocenters. The highest BCUT2D eigenvalue weighted by atomic mass is 79.9. The fourth-order valence-electron chi connectivity index (χ4n) is 5.79. The molecule has 5 rings (SSSR count). The van der Waals surface area contributed by atoms with Gasteiger partial charge >= 0.3 is 0 Å². The first-order chi connectivity index (χ1) is 22.2. The first kappa shape index (κ1) is 33.7. The summed E-state index contributed by atoms with van der Waals surface area (Å²) >= 11 is 9.59. The van der Waals surface area contributed by atoms with Crippen LogP contribution in [0.5, 0.6) is 0 Å². The van der Waals surface area contributed by atoms with Crippen LogP contribution in [0.3, 0.4) is 0 Å². The van der Waals surface area contributed by atoms with Gasteiger partial charge in [0.05, 0.1) is 10.6 Å². The smallest absolute Gasteiger partial charge is 0.264 e. The first-order valence-corrected chi connectivity index (χ1v) is 18.0. The number of benzene rings is 4. The number of carbonyl (C=O) groups excluding carboxylic acids is 2. The number of carbonyl (C=O) groups is 2. The van der Waals surface area contributed by atoms with Crippen LogP contribution >= 0.6 is 27.5 Å². The highest BCUT2D eigenvalue weighted by molar-refractivity contribution is 9.10. The second-order valence-corrected chi connectivity index (χ2v) is 14.7. The minimum atomic E-state index is -4.19. The predicted molar refractivity (Wildman–Crippen MR) is 186 cm³/mol. The zero-order valence-electron chi connectivity index (χ0n) is 25.4. The number of sulfonamides is 1. The second-order valence-electron chi connectivity index (χ2n) is 11.5. The average Bonchev–Trinajstić information content (AvgIpc) is 3.06. The third kappa shape index (κ3) is 8.78. The molecule has 46 heavy (non-hydrogen) atoms. The van der Waals surface area contributed by atoms with Gasteiger partial charge in [0.15, 0.2) is 0 Å². The van der Waals surface area contributed by atoms with Crippen molar-refractivity contribution in [3.05, 3.63) is 130 Å². The van der Waals surface area contributed by atoms with E-state index in [1.54, 1.807) is 30.3 Å². The molecule has 1 fully saturated rings. The molecule has 4 aromatic rings. The van der Waals surface area contributed by atoms with Gasteiger partial charge in [-0.3, -0.25) is 13.9 Å². The summed E-state index contributed by atoms with van der Waals surface area (Å²) in [5, 5.41) is 3.63. The maximum absolute atomic E-state index is 14.6. The molecule has 2 amide bonds. The molecule has 1 N–H and O–H groups in total. The van der Waals surface area contributed by atoms with E-state index >= 15 is 0 Å². The largest absolute Gasteiger partial charge is 0.352 e. The summed E-state index contributed by atoms with van der Waals surface area (Å²) in [4.78, 5) is 30.3. The topological polar surface area (TPSA) is 86.8 Å². The summed E-state index contributed by atoms with van der Waals surface area (Å²) in [7, 11) is -4.19. The van der Waals surface area contributed by atoms with E-state index in [1.807, 2.05) is 54.6 Å². The van der Waals surface area contributed by atoms with Crippen LogP contribution in [-0.4, -0.2) is 43.8 Å². The molecular formula is C36H37BrClN3O4S. The van der Waals surface area contributed by atoms with Crippen molar-refractivity contribution in [1.29, 1.82) is 0 Å². The Morgan fingerprint density at radius 1 is 0.826 bits per heavy atom. The van der Waals surface area contributed by atoms with Crippen molar-refractivity contribution < 1.29 is 18.0 Å². The molecule has 0 aliphatic heterocycles. The van der Waals surface area contributed by atoms with E-state index in [0.717, 1.165) is 52.0 Å². The lowest BCUT2D eigenvalue weighted by molar-refractivity contribution is -0.140. The summed E-state index contributed by atoms with van der Waals surface area (Å²) in [5.74, 6) is -0.744. The van der Waals surface area contributed by atoms with E-state index in [-0.39, 0.29) is 29.8 Å². The van der Waals surface area contributed by atoms with E-state index in [9.17, 15) is 18.0 Å². The van der Waals surface area contributed by atoms with Crippen LogP contribution in [0.1, 0.15) is 43.2 Å². The number of hydrogen-bond donors (Lipinski definition) is 1. The minimum absolute atomic E-state index is 0.00275. The maximum atomic E-state index is 14.6. The zero-order chi connectivity index (χ0) is 32.5. The monoisotopic (exact) mass is 721 g/mol. The van der Waals surface area contributed by atoms with Crippen molar-refractivity contribution in [3.8, 4) is 0 Å². The number of nitrogens with one attached hydrogen (secondary N) is 1. The Bertz CT molecular complexity index is 1720. The Labute approximate surface area is 284 Å².